The highest BCUT2D eigenvalue weighted by Crippen LogP contribution is 2.30. The Morgan fingerprint density at radius 1 is 1.16 bits per heavy atom. The number of ether oxygens (including phenoxy) is 1. The number of carbonyl (C=O) groups is 3. The molecule has 3 amide bonds. The maximum atomic E-state index is 13.5. The van der Waals surface area contributed by atoms with E-state index in [1.165, 1.54) is 6.33 Å². The first kappa shape index (κ1) is 32.2. The Kier molecular flexibility index (Phi) is 11.5. The van der Waals surface area contributed by atoms with E-state index in [4.69, 9.17) is 16.9 Å². The number of rotatable bonds is 14. The molecule has 0 spiro atoms. The van der Waals surface area contributed by atoms with Crippen LogP contribution >= 0.6 is 0 Å². The third kappa shape index (κ3) is 8.67. The van der Waals surface area contributed by atoms with Crippen molar-refractivity contribution in [2.75, 3.05) is 26.0 Å². The van der Waals surface area contributed by atoms with Gasteiger partial charge < -0.3 is 26.4 Å². The maximum absolute atomic E-state index is 13.5. The van der Waals surface area contributed by atoms with E-state index in [0.717, 1.165) is 54.4 Å². The monoisotopic (exact) mass is 599 g/mol. The van der Waals surface area contributed by atoms with Crippen LogP contribution in [0, 0.1) is 12.3 Å². The number of nitrogens with two attached hydrogens (primary N) is 1. The Hall–Kier alpha value is -4.69. The van der Waals surface area contributed by atoms with Gasteiger partial charge in [-0.2, -0.15) is 0 Å². The van der Waals surface area contributed by atoms with Crippen LogP contribution in [-0.2, 0) is 20.9 Å². The second-order valence-corrected chi connectivity index (χ2v) is 11.1. The van der Waals surface area contributed by atoms with Crippen LogP contribution in [0.2, 0.25) is 0 Å². The number of piperidine rings is 1. The number of likely N-dealkylation sites (N-methyl/N-ethyl adjacent to an activating group) is 1. The number of methoxy groups -OCH3 is 1. The molecule has 44 heavy (non-hydrogen) atoms. The molecule has 2 atom stereocenters. The summed E-state index contributed by atoms with van der Waals surface area (Å²) < 4.78 is 5.63. The van der Waals surface area contributed by atoms with Crippen molar-refractivity contribution in [1.29, 1.82) is 0 Å². The molecule has 4 rings (SSSR count). The highest BCUT2D eigenvalue weighted by atomic mass is 16.5. The van der Waals surface area contributed by atoms with Crippen molar-refractivity contribution in [2.45, 2.75) is 70.0 Å². The first-order valence-corrected chi connectivity index (χ1v) is 15.0. The summed E-state index contributed by atoms with van der Waals surface area (Å²) in [5.74, 6) is 2.99. The molecule has 0 radical (unpaired) electrons. The largest absolute Gasteiger partial charge is 0.496 e. The summed E-state index contributed by atoms with van der Waals surface area (Å²) >= 11 is 0. The Morgan fingerprint density at radius 3 is 2.75 bits per heavy atom. The topological polar surface area (TPSA) is 152 Å². The minimum Gasteiger partial charge on any atom is -0.496 e. The summed E-state index contributed by atoms with van der Waals surface area (Å²) in [7, 11) is 3.50. The van der Waals surface area contributed by atoms with E-state index in [2.05, 4.69) is 31.8 Å². The normalized spacial score (nSPS) is 15.6. The van der Waals surface area contributed by atoms with Crippen molar-refractivity contribution < 1.29 is 19.1 Å². The van der Waals surface area contributed by atoms with Crippen molar-refractivity contribution in [3.05, 3.63) is 53.9 Å². The predicted molar refractivity (Wildman–Crippen MR) is 170 cm³/mol. The van der Waals surface area contributed by atoms with Gasteiger partial charge in [-0.15, -0.1) is 6.42 Å². The van der Waals surface area contributed by atoms with Crippen LogP contribution in [-0.4, -0.2) is 65.4 Å². The van der Waals surface area contributed by atoms with Gasteiger partial charge in [-0.05, 0) is 63.5 Å². The van der Waals surface area contributed by atoms with Gasteiger partial charge in [-0.1, -0.05) is 31.2 Å². The Bertz CT molecular complexity index is 1520. The molecule has 1 aromatic heterocycles. The average Bonchev–Trinajstić information content (AvgIpc) is 3.02. The van der Waals surface area contributed by atoms with Gasteiger partial charge in [0.2, 0.25) is 17.7 Å². The second-order valence-electron chi connectivity index (χ2n) is 11.1. The lowest BCUT2D eigenvalue weighted by Crippen LogP contribution is -2.54. The van der Waals surface area contributed by atoms with E-state index >= 15 is 0 Å². The van der Waals surface area contributed by atoms with Gasteiger partial charge in [-0.3, -0.25) is 19.3 Å². The number of nitrogens with zero attached hydrogens (tertiary/aromatic N) is 3. The van der Waals surface area contributed by atoms with E-state index in [1.807, 2.05) is 42.3 Å². The smallest absolute Gasteiger partial charge is 0.242 e. The van der Waals surface area contributed by atoms with Crippen LogP contribution < -0.4 is 26.4 Å². The molecule has 232 valence electrons. The molecule has 1 unspecified atom stereocenters. The van der Waals surface area contributed by atoms with Gasteiger partial charge in [0.15, 0.2) is 0 Å². The van der Waals surface area contributed by atoms with Crippen LogP contribution in [0.25, 0.3) is 10.9 Å². The molecule has 0 saturated carbocycles. The molecule has 1 saturated heterocycles. The third-order valence-electron chi connectivity index (χ3n) is 7.90. The van der Waals surface area contributed by atoms with Crippen LogP contribution in [0.4, 0.5) is 11.5 Å². The summed E-state index contributed by atoms with van der Waals surface area (Å²) in [5, 5.41) is 10.0. The Labute approximate surface area is 258 Å². The second kappa shape index (κ2) is 15.7. The quantitative estimate of drug-likeness (QED) is 0.163. The van der Waals surface area contributed by atoms with Gasteiger partial charge in [-0.25, -0.2) is 9.97 Å². The van der Waals surface area contributed by atoms with Crippen LogP contribution in [0.15, 0.2) is 42.7 Å². The van der Waals surface area contributed by atoms with Gasteiger partial charge in [0.25, 0.3) is 0 Å². The number of fused-ring (bicyclic) bond motifs is 1. The number of benzene rings is 2. The standard InChI is InChI=1S/C33H41N7O4/c1-4-22-11-10-12-24(17-22)38-31-25-18-23(29(44-3)19-27(25)36-21-37-31)20-35-32(42)26(13-6-5-7-15-30(34)41)39-33(43)28-14-8-9-16-40(28)2/h1,10-12,17-19,21,26,28H,5-9,13-16,20H2,2-3H3,(H2,34,41)(H,35,42)(H,39,43)(H,36,37,38)/t26-,28?/m0/s1. The molecule has 5 N–H and O–H groups in total. The Morgan fingerprint density at radius 2 is 2.00 bits per heavy atom. The summed E-state index contributed by atoms with van der Waals surface area (Å²) in [6.45, 7) is 1.01. The molecule has 1 aliphatic rings. The Balaban J connectivity index is 1.50. The molecule has 2 heterocycles. The van der Waals surface area contributed by atoms with Gasteiger partial charge in [0, 0.05) is 41.2 Å². The fraction of sp³-hybridized carbons (Fsp3) is 0.424. The zero-order valence-electron chi connectivity index (χ0n) is 25.4. The molecule has 0 bridgehead atoms. The van der Waals surface area contributed by atoms with E-state index in [9.17, 15) is 14.4 Å². The molecule has 0 aliphatic carbocycles. The fourth-order valence-electron chi connectivity index (χ4n) is 5.45. The lowest BCUT2D eigenvalue weighted by molar-refractivity contribution is -0.132. The zero-order valence-corrected chi connectivity index (χ0v) is 25.4. The number of amides is 3. The summed E-state index contributed by atoms with van der Waals surface area (Å²) in [4.78, 5) is 48.7. The fourth-order valence-corrected chi connectivity index (χ4v) is 5.45. The lowest BCUT2D eigenvalue weighted by atomic mass is 10.0. The maximum Gasteiger partial charge on any atom is 0.242 e. The van der Waals surface area contributed by atoms with Crippen LogP contribution in [0.3, 0.4) is 0 Å². The zero-order chi connectivity index (χ0) is 31.5. The van der Waals surface area contributed by atoms with Crippen molar-refractivity contribution in [3.8, 4) is 18.1 Å². The van der Waals surface area contributed by atoms with Crippen molar-refractivity contribution in [2.24, 2.45) is 5.73 Å². The molecule has 1 aliphatic heterocycles. The van der Waals surface area contributed by atoms with Crippen molar-refractivity contribution in [3.63, 3.8) is 0 Å². The molecular weight excluding hydrogens is 558 g/mol. The van der Waals surface area contributed by atoms with Crippen LogP contribution in [0.1, 0.15) is 62.5 Å². The molecule has 2 aromatic carbocycles. The number of likely N-dealkylation sites (tertiary alicyclic amines) is 1. The summed E-state index contributed by atoms with van der Waals surface area (Å²) in [5.41, 5.74) is 8.17. The molecule has 3 aromatic rings. The van der Waals surface area contributed by atoms with Gasteiger partial charge >= 0.3 is 0 Å². The van der Waals surface area contributed by atoms with Crippen LogP contribution in [0.5, 0.6) is 5.75 Å². The molecule has 11 heteroatoms. The number of hydrogen-bond donors (Lipinski definition) is 4. The number of nitrogens with one attached hydrogen (secondary N) is 3. The highest BCUT2D eigenvalue weighted by Gasteiger charge is 2.29. The highest BCUT2D eigenvalue weighted by molar-refractivity contribution is 5.93. The van der Waals surface area contributed by atoms with Crippen molar-refractivity contribution in [1.82, 2.24) is 25.5 Å². The minimum atomic E-state index is -0.721. The molecular formula is C33H41N7O4. The number of carbonyl (C=O) groups excluding carboxylic acids is 3. The van der Waals surface area contributed by atoms with Gasteiger partial charge in [0.05, 0.1) is 18.7 Å². The first-order valence-electron chi connectivity index (χ1n) is 15.0. The van der Waals surface area contributed by atoms with E-state index in [-0.39, 0.29) is 30.3 Å². The summed E-state index contributed by atoms with van der Waals surface area (Å²) in [6, 6.07) is 10.2. The van der Waals surface area contributed by atoms with E-state index in [1.54, 1.807) is 13.2 Å². The molecule has 1 fully saturated rings. The van der Waals surface area contributed by atoms with E-state index < -0.39 is 6.04 Å². The average molecular weight is 600 g/mol. The number of hydrogen-bond acceptors (Lipinski definition) is 8. The first-order chi connectivity index (χ1) is 21.3. The minimum absolute atomic E-state index is 0.144. The molecule has 11 nitrogen and oxygen atoms in total. The third-order valence-corrected chi connectivity index (χ3v) is 7.90. The SMILES string of the molecule is C#Cc1cccc(Nc2ncnc3cc(OC)c(CNC(=O)[C@H](CCCCCC(N)=O)NC(=O)C4CCCCN4C)cc23)c1. The van der Waals surface area contributed by atoms with E-state index in [0.29, 0.717) is 42.8 Å². The van der Waals surface area contributed by atoms with Gasteiger partial charge in [0.1, 0.15) is 23.9 Å². The summed E-state index contributed by atoms with van der Waals surface area (Å²) in [6.07, 6.45) is 12.6. The van der Waals surface area contributed by atoms with Crippen molar-refractivity contribution >= 4 is 40.1 Å². The number of terminal acetylenes is 1. The number of primary amides is 1. The predicted octanol–water partition coefficient (Wildman–Crippen LogP) is 3.38. The number of unbranched alkanes of at least 4 members (excludes halogenated alkanes) is 2. The number of anilines is 2. The number of aromatic nitrogens is 2. The lowest BCUT2D eigenvalue weighted by Gasteiger charge is -2.32.